The van der Waals surface area contributed by atoms with Gasteiger partial charge in [0.1, 0.15) is 11.8 Å². The molecule has 1 aliphatic heterocycles. The van der Waals surface area contributed by atoms with Crippen LogP contribution in [0.4, 0.5) is 8.78 Å². The zero-order valence-corrected chi connectivity index (χ0v) is 10.3. The van der Waals surface area contributed by atoms with Crippen LogP contribution in [0.25, 0.3) is 0 Å². The summed E-state index contributed by atoms with van der Waals surface area (Å²) in [5.41, 5.74) is 0.884. The van der Waals surface area contributed by atoms with Gasteiger partial charge in [0.15, 0.2) is 0 Å². The van der Waals surface area contributed by atoms with Gasteiger partial charge in [0.2, 0.25) is 0 Å². The lowest BCUT2D eigenvalue weighted by molar-refractivity contribution is -0.142. The van der Waals surface area contributed by atoms with Crippen molar-refractivity contribution in [1.29, 1.82) is 0 Å². The first-order valence-electron chi connectivity index (χ1n) is 6.07. The highest BCUT2D eigenvalue weighted by atomic mass is 19.3. The van der Waals surface area contributed by atoms with Crippen LogP contribution in [0.15, 0.2) is 24.3 Å². The second-order valence-corrected chi connectivity index (χ2v) is 4.49. The van der Waals surface area contributed by atoms with Crippen molar-refractivity contribution in [2.24, 2.45) is 0 Å². The lowest BCUT2D eigenvalue weighted by atomic mass is 10.2. The minimum Gasteiger partial charge on any atom is -0.480 e. The SMILES string of the molecule is O=C(O)[C@H]1CCCN1Cc1ccc(OC(F)F)cc1. The number of carbonyl (C=O) groups is 1. The van der Waals surface area contributed by atoms with E-state index in [4.69, 9.17) is 5.11 Å². The van der Waals surface area contributed by atoms with Gasteiger partial charge in [-0.15, -0.1) is 0 Å². The van der Waals surface area contributed by atoms with Gasteiger partial charge in [-0.05, 0) is 37.1 Å². The number of halogens is 2. The van der Waals surface area contributed by atoms with Crippen molar-refractivity contribution in [3.63, 3.8) is 0 Å². The topological polar surface area (TPSA) is 49.8 Å². The maximum atomic E-state index is 12.0. The number of carboxylic acid groups (broad SMARTS) is 1. The molecule has 0 unspecified atom stereocenters. The molecule has 104 valence electrons. The molecule has 1 saturated heterocycles. The van der Waals surface area contributed by atoms with Crippen LogP contribution < -0.4 is 4.74 Å². The molecule has 19 heavy (non-hydrogen) atoms. The molecule has 0 aliphatic carbocycles. The summed E-state index contributed by atoms with van der Waals surface area (Å²) in [5.74, 6) is -0.704. The van der Waals surface area contributed by atoms with E-state index >= 15 is 0 Å². The summed E-state index contributed by atoms with van der Waals surface area (Å²) in [6.45, 7) is -1.58. The Balaban J connectivity index is 1.97. The number of ether oxygens (including phenoxy) is 1. The van der Waals surface area contributed by atoms with E-state index < -0.39 is 18.6 Å². The molecule has 6 heteroatoms. The molecule has 1 aromatic rings. The largest absolute Gasteiger partial charge is 0.480 e. The predicted octanol–water partition coefficient (Wildman–Crippen LogP) is 2.34. The number of aliphatic carboxylic acids is 1. The van der Waals surface area contributed by atoms with Gasteiger partial charge >= 0.3 is 12.6 Å². The van der Waals surface area contributed by atoms with Crippen LogP contribution in [-0.2, 0) is 11.3 Å². The van der Waals surface area contributed by atoms with Crippen LogP contribution in [0, 0.1) is 0 Å². The van der Waals surface area contributed by atoms with Crippen LogP contribution in [0.1, 0.15) is 18.4 Å². The first-order valence-corrected chi connectivity index (χ1v) is 6.07. The van der Waals surface area contributed by atoms with Crippen LogP contribution >= 0.6 is 0 Å². The van der Waals surface area contributed by atoms with E-state index in [0.29, 0.717) is 13.0 Å². The highest BCUT2D eigenvalue weighted by molar-refractivity contribution is 5.73. The van der Waals surface area contributed by atoms with Gasteiger partial charge in [-0.3, -0.25) is 9.69 Å². The van der Waals surface area contributed by atoms with Crippen molar-refractivity contribution in [3.05, 3.63) is 29.8 Å². The summed E-state index contributed by atoms with van der Waals surface area (Å²) in [6, 6.07) is 5.84. The molecule has 1 N–H and O–H groups in total. The Bertz CT molecular complexity index is 436. The third kappa shape index (κ3) is 3.64. The molecule has 1 aliphatic rings. The van der Waals surface area contributed by atoms with E-state index in [1.807, 2.05) is 4.90 Å². The zero-order chi connectivity index (χ0) is 13.8. The summed E-state index contributed by atoms with van der Waals surface area (Å²) < 4.78 is 28.2. The Morgan fingerprint density at radius 1 is 1.42 bits per heavy atom. The summed E-state index contributed by atoms with van der Waals surface area (Å²) in [5, 5.41) is 9.06. The second kappa shape index (κ2) is 5.97. The number of benzene rings is 1. The number of carboxylic acids is 1. The number of hydrogen-bond donors (Lipinski definition) is 1. The van der Waals surface area contributed by atoms with Gasteiger partial charge in [0.05, 0.1) is 0 Å². The van der Waals surface area contributed by atoms with E-state index in [1.54, 1.807) is 12.1 Å². The molecule has 4 nitrogen and oxygen atoms in total. The summed E-state index contributed by atoms with van der Waals surface area (Å²) in [6.07, 6.45) is 1.52. The maximum Gasteiger partial charge on any atom is 0.387 e. The van der Waals surface area contributed by atoms with Gasteiger partial charge in [0, 0.05) is 6.54 Å². The first kappa shape index (κ1) is 13.7. The van der Waals surface area contributed by atoms with Crippen LogP contribution in [-0.4, -0.2) is 35.2 Å². The fourth-order valence-corrected chi connectivity index (χ4v) is 2.31. The molecule has 1 fully saturated rings. The van der Waals surface area contributed by atoms with Gasteiger partial charge < -0.3 is 9.84 Å². The van der Waals surface area contributed by atoms with Crippen molar-refractivity contribution in [1.82, 2.24) is 4.90 Å². The molecule has 1 atom stereocenters. The van der Waals surface area contributed by atoms with Gasteiger partial charge in [0.25, 0.3) is 0 Å². The molecule has 2 rings (SSSR count). The zero-order valence-electron chi connectivity index (χ0n) is 10.3. The minimum atomic E-state index is -2.83. The number of nitrogens with zero attached hydrogens (tertiary/aromatic N) is 1. The average Bonchev–Trinajstić information content (AvgIpc) is 2.79. The fourth-order valence-electron chi connectivity index (χ4n) is 2.31. The standard InChI is InChI=1S/C13H15F2NO3/c14-13(15)19-10-5-3-9(4-6-10)8-16-7-1-2-11(16)12(17)18/h3-6,11,13H,1-2,7-8H2,(H,17,18)/t11-/m1/s1. The lowest BCUT2D eigenvalue weighted by Crippen LogP contribution is -2.35. The van der Waals surface area contributed by atoms with Crippen LogP contribution in [0.5, 0.6) is 5.75 Å². The van der Waals surface area contributed by atoms with Gasteiger partial charge in [-0.25, -0.2) is 0 Å². The second-order valence-electron chi connectivity index (χ2n) is 4.49. The maximum absolute atomic E-state index is 12.0. The van der Waals surface area contributed by atoms with E-state index in [1.165, 1.54) is 12.1 Å². The molecule has 0 aromatic heterocycles. The summed E-state index contributed by atoms with van der Waals surface area (Å²) in [4.78, 5) is 12.9. The van der Waals surface area contributed by atoms with Crippen molar-refractivity contribution < 1.29 is 23.4 Å². The Morgan fingerprint density at radius 2 is 2.11 bits per heavy atom. The first-order chi connectivity index (χ1) is 9.06. The quantitative estimate of drug-likeness (QED) is 0.893. The van der Waals surface area contributed by atoms with Crippen LogP contribution in [0.2, 0.25) is 0 Å². The summed E-state index contributed by atoms with van der Waals surface area (Å²) >= 11 is 0. The molecule has 0 bridgehead atoms. The smallest absolute Gasteiger partial charge is 0.387 e. The fraction of sp³-hybridized carbons (Fsp3) is 0.462. The molecule has 0 saturated carbocycles. The number of likely N-dealkylation sites (tertiary alicyclic amines) is 1. The highest BCUT2D eigenvalue weighted by Crippen LogP contribution is 2.22. The molecular formula is C13H15F2NO3. The Kier molecular flexibility index (Phi) is 4.31. The number of alkyl halides is 2. The Morgan fingerprint density at radius 3 is 2.68 bits per heavy atom. The molecule has 0 spiro atoms. The number of rotatable bonds is 5. The van der Waals surface area contributed by atoms with Crippen molar-refractivity contribution in [2.45, 2.75) is 32.0 Å². The average molecular weight is 271 g/mol. The molecular weight excluding hydrogens is 256 g/mol. The summed E-state index contributed by atoms with van der Waals surface area (Å²) in [7, 11) is 0. The molecule has 0 radical (unpaired) electrons. The van der Waals surface area contributed by atoms with Crippen LogP contribution in [0.3, 0.4) is 0 Å². The highest BCUT2D eigenvalue weighted by Gasteiger charge is 2.30. The minimum absolute atomic E-state index is 0.106. The van der Waals surface area contributed by atoms with E-state index in [2.05, 4.69) is 4.74 Å². The molecule has 0 amide bonds. The van der Waals surface area contributed by atoms with E-state index in [9.17, 15) is 13.6 Å². The normalized spacial score (nSPS) is 19.8. The van der Waals surface area contributed by atoms with E-state index in [-0.39, 0.29) is 5.75 Å². The van der Waals surface area contributed by atoms with Gasteiger partial charge in [-0.1, -0.05) is 12.1 Å². The lowest BCUT2D eigenvalue weighted by Gasteiger charge is -2.21. The Labute approximate surface area is 109 Å². The van der Waals surface area contributed by atoms with Crippen molar-refractivity contribution >= 4 is 5.97 Å². The third-order valence-corrected chi connectivity index (χ3v) is 3.18. The number of hydrogen-bond acceptors (Lipinski definition) is 3. The molecule has 1 aromatic carbocycles. The van der Waals surface area contributed by atoms with E-state index in [0.717, 1.165) is 18.5 Å². The van der Waals surface area contributed by atoms with Crippen molar-refractivity contribution in [2.75, 3.05) is 6.54 Å². The monoisotopic (exact) mass is 271 g/mol. The Hall–Kier alpha value is -1.69. The molecule has 1 heterocycles. The van der Waals surface area contributed by atoms with Gasteiger partial charge in [-0.2, -0.15) is 8.78 Å². The predicted molar refractivity (Wildman–Crippen MR) is 64.1 cm³/mol. The third-order valence-electron chi connectivity index (χ3n) is 3.18. The van der Waals surface area contributed by atoms with Crippen molar-refractivity contribution in [3.8, 4) is 5.75 Å².